The topological polar surface area (TPSA) is 29.1 Å². The minimum Gasteiger partial charge on any atom is -0.325 e. The molecule has 0 fully saturated rings. The Labute approximate surface area is 107 Å². The molecule has 1 heterocycles. The first kappa shape index (κ1) is 11.0. The van der Waals surface area contributed by atoms with Crippen LogP contribution in [0.4, 0.5) is 5.69 Å². The number of hydrogen-bond acceptors (Lipinski definition) is 1. The van der Waals surface area contributed by atoms with Crippen LogP contribution in [-0.2, 0) is 4.79 Å². The monoisotopic (exact) mass is 237 g/mol. The van der Waals surface area contributed by atoms with Crippen LogP contribution in [0, 0.1) is 6.92 Å². The lowest BCUT2D eigenvalue weighted by Crippen LogP contribution is -2.08. The van der Waals surface area contributed by atoms with Gasteiger partial charge in [-0.2, -0.15) is 0 Å². The quantitative estimate of drug-likeness (QED) is 0.804. The Kier molecular flexibility index (Phi) is 2.44. The molecule has 1 aliphatic rings. The van der Waals surface area contributed by atoms with E-state index in [1.165, 1.54) is 16.7 Å². The molecule has 0 spiro atoms. The molecule has 0 radical (unpaired) electrons. The maximum atomic E-state index is 11.6. The van der Waals surface area contributed by atoms with Gasteiger partial charge in [0.1, 0.15) is 0 Å². The molecule has 1 aliphatic heterocycles. The van der Waals surface area contributed by atoms with Gasteiger partial charge in [-0.25, -0.2) is 0 Å². The fourth-order valence-corrected chi connectivity index (χ4v) is 2.42. The second-order valence-electron chi connectivity index (χ2n) is 4.88. The molecule has 1 atom stereocenters. The lowest BCUT2D eigenvalue weighted by molar-refractivity contribution is -0.116. The molecule has 1 N–H and O–H groups in total. The Bertz CT molecular complexity index is 631. The number of fused-ring (bicyclic) bond motifs is 1. The van der Waals surface area contributed by atoms with E-state index in [0.717, 1.165) is 11.3 Å². The van der Waals surface area contributed by atoms with Gasteiger partial charge in [-0.15, -0.1) is 0 Å². The fourth-order valence-electron chi connectivity index (χ4n) is 2.42. The SMILES string of the molecule is Cc1cccc(-c2ccc3c(c2)C(C)C(=O)N3)c1. The van der Waals surface area contributed by atoms with Gasteiger partial charge in [0.15, 0.2) is 0 Å². The van der Waals surface area contributed by atoms with Crippen LogP contribution in [0.5, 0.6) is 0 Å². The van der Waals surface area contributed by atoms with E-state index in [1.54, 1.807) is 0 Å². The van der Waals surface area contributed by atoms with Crippen molar-refractivity contribution in [1.82, 2.24) is 0 Å². The van der Waals surface area contributed by atoms with Crippen LogP contribution >= 0.6 is 0 Å². The van der Waals surface area contributed by atoms with Crippen LogP contribution in [-0.4, -0.2) is 5.91 Å². The molecule has 2 nitrogen and oxygen atoms in total. The maximum absolute atomic E-state index is 11.6. The number of hydrogen-bond donors (Lipinski definition) is 1. The lowest BCUT2D eigenvalue weighted by Gasteiger charge is -2.07. The number of rotatable bonds is 1. The van der Waals surface area contributed by atoms with Crippen molar-refractivity contribution in [2.24, 2.45) is 0 Å². The molecule has 0 saturated carbocycles. The molecule has 2 aromatic rings. The van der Waals surface area contributed by atoms with E-state index in [-0.39, 0.29) is 11.8 Å². The van der Waals surface area contributed by atoms with Crippen LogP contribution < -0.4 is 5.32 Å². The molecule has 2 aromatic carbocycles. The highest BCUT2D eigenvalue weighted by atomic mass is 16.2. The number of carbonyl (C=O) groups is 1. The minimum absolute atomic E-state index is 0.0511. The third-order valence-electron chi connectivity index (χ3n) is 3.52. The van der Waals surface area contributed by atoms with Crippen LogP contribution in [0.25, 0.3) is 11.1 Å². The largest absolute Gasteiger partial charge is 0.325 e. The summed E-state index contributed by atoms with van der Waals surface area (Å²) in [4.78, 5) is 11.6. The molecule has 0 saturated heterocycles. The number of nitrogens with one attached hydrogen (secondary N) is 1. The van der Waals surface area contributed by atoms with Crippen molar-refractivity contribution in [3.63, 3.8) is 0 Å². The number of amides is 1. The third-order valence-corrected chi connectivity index (χ3v) is 3.52. The highest BCUT2D eigenvalue weighted by molar-refractivity contribution is 6.03. The van der Waals surface area contributed by atoms with E-state index in [4.69, 9.17) is 0 Å². The average molecular weight is 237 g/mol. The summed E-state index contributed by atoms with van der Waals surface area (Å²) in [5.41, 5.74) is 5.66. The normalized spacial score (nSPS) is 17.4. The zero-order valence-corrected chi connectivity index (χ0v) is 10.5. The summed E-state index contributed by atoms with van der Waals surface area (Å²) in [5.74, 6) is 0.0381. The number of carbonyl (C=O) groups excluding carboxylic acids is 1. The molecule has 3 rings (SSSR count). The van der Waals surface area contributed by atoms with Crippen molar-refractivity contribution in [2.75, 3.05) is 5.32 Å². The first-order valence-electron chi connectivity index (χ1n) is 6.17. The van der Waals surface area contributed by atoms with Crippen LogP contribution in [0.15, 0.2) is 42.5 Å². The Hall–Kier alpha value is -2.09. The second-order valence-corrected chi connectivity index (χ2v) is 4.88. The van der Waals surface area contributed by atoms with E-state index >= 15 is 0 Å². The molecule has 18 heavy (non-hydrogen) atoms. The van der Waals surface area contributed by atoms with E-state index in [9.17, 15) is 4.79 Å². The molecule has 1 unspecified atom stereocenters. The molecule has 1 amide bonds. The first-order chi connectivity index (χ1) is 8.65. The van der Waals surface area contributed by atoms with Gasteiger partial charge in [-0.05, 0) is 42.7 Å². The summed E-state index contributed by atoms with van der Waals surface area (Å²) in [6.45, 7) is 4.03. The third kappa shape index (κ3) is 1.70. The van der Waals surface area contributed by atoms with Crippen LogP contribution in [0.1, 0.15) is 24.0 Å². The Morgan fingerprint density at radius 3 is 2.61 bits per heavy atom. The van der Waals surface area contributed by atoms with Gasteiger partial charge in [0.2, 0.25) is 5.91 Å². The van der Waals surface area contributed by atoms with Crippen molar-refractivity contribution in [3.8, 4) is 11.1 Å². The van der Waals surface area contributed by atoms with E-state index in [2.05, 4.69) is 48.6 Å². The molecule has 2 heteroatoms. The molecular formula is C16H15NO. The molecule has 0 aliphatic carbocycles. The first-order valence-corrected chi connectivity index (χ1v) is 6.17. The van der Waals surface area contributed by atoms with Gasteiger partial charge in [-0.3, -0.25) is 4.79 Å². The van der Waals surface area contributed by atoms with Crippen molar-refractivity contribution in [3.05, 3.63) is 53.6 Å². The Balaban J connectivity index is 2.09. The van der Waals surface area contributed by atoms with Gasteiger partial charge in [-0.1, -0.05) is 35.9 Å². The summed E-state index contributed by atoms with van der Waals surface area (Å²) in [7, 11) is 0. The fraction of sp³-hybridized carbons (Fsp3) is 0.188. The van der Waals surface area contributed by atoms with Gasteiger partial charge in [0, 0.05) is 5.69 Å². The van der Waals surface area contributed by atoms with Gasteiger partial charge in [0.05, 0.1) is 5.92 Å². The summed E-state index contributed by atoms with van der Waals surface area (Å²) < 4.78 is 0. The van der Waals surface area contributed by atoms with Crippen LogP contribution in [0.3, 0.4) is 0 Å². The van der Waals surface area contributed by atoms with Gasteiger partial charge in [0.25, 0.3) is 0 Å². The Morgan fingerprint density at radius 1 is 1.06 bits per heavy atom. The summed E-state index contributed by atoms with van der Waals surface area (Å²) in [6.07, 6.45) is 0. The molecular weight excluding hydrogens is 222 g/mol. The zero-order chi connectivity index (χ0) is 12.7. The predicted molar refractivity (Wildman–Crippen MR) is 73.7 cm³/mol. The van der Waals surface area contributed by atoms with Crippen molar-refractivity contribution >= 4 is 11.6 Å². The van der Waals surface area contributed by atoms with Crippen molar-refractivity contribution in [1.29, 1.82) is 0 Å². The molecule has 0 aromatic heterocycles. The number of benzene rings is 2. The minimum atomic E-state index is -0.0511. The summed E-state index contributed by atoms with van der Waals surface area (Å²) >= 11 is 0. The van der Waals surface area contributed by atoms with Gasteiger partial charge < -0.3 is 5.32 Å². The van der Waals surface area contributed by atoms with E-state index < -0.39 is 0 Å². The van der Waals surface area contributed by atoms with Crippen molar-refractivity contribution < 1.29 is 4.79 Å². The highest BCUT2D eigenvalue weighted by Crippen LogP contribution is 2.35. The lowest BCUT2D eigenvalue weighted by atomic mass is 9.96. The Morgan fingerprint density at radius 2 is 1.83 bits per heavy atom. The highest BCUT2D eigenvalue weighted by Gasteiger charge is 2.26. The second kappa shape index (κ2) is 3.98. The standard InChI is InChI=1S/C16H15NO/c1-10-4-3-5-12(8-10)13-6-7-15-14(9-13)11(2)16(18)17-15/h3-9,11H,1-2H3,(H,17,18). The predicted octanol–water partition coefficient (Wildman–Crippen LogP) is 3.72. The zero-order valence-electron chi connectivity index (χ0n) is 10.5. The molecule has 0 bridgehead atoms. The number of anilines is 1. The van der Waals surface area contributed by atoms with E-state index in [0.29, 0.717) is 0 Å². The van der Waals surface area contributed by atoms with Crippen molar-refractivity contribution in [2.45, 2.75) is 19.8 Å². The van der Waals surface area contributed by atoms with E-state index in [1.807, 2.05) is 13.0 Å². The molecule has 90 valence electrons. The summed E-state index contributed by atoms with van der Waals surface area (Å²) in [5, 5.41) is 2.90. The van der Waals surface area contributed by atoms with Crippen LogP contribution in [0.2, 0.25) is 0 Å². The summed E-state index contributed by atoms with van der Waals surface area (Å²) in [6, 6.07) is 14.6. The smallest absolute Gasteiger partial charge is 0.231 e. The van der Waals surface area contributed by atoms with Gasteiger partial charge >= 0.3 is 0 Å². The average Bonchev–Trinajstić information content (AvgIpc) is 2.65. The number of aryl methyl sites for hydroxylation is 1. The maximum Gasteiger partial charge on any atom is 0.231 e.